The van der Waals surface area contributed by atoms with Crippen molar-refractivity contribution in [3.63, 3.8) is 0 Å². The molecule has 1 saturated carbocycles. The second-order valence-electron chi connectivity index (χ2n) is 5.48. The minimum atomic E-state index is 0.504. The van der Waals surface area contributed by atoms with Gasteiger partial charge in [0.05, 0.1) is 5.39 Å². The van der Waals surface area contributed by atoms with Crippen molar-refractivity contribution in [2.75, 3.05) is 5.73 Å². The highest BCUT2D eigenvalue weighted by Crippen LogP contribution is 2.47. The molecule has 1 aromatic carbocycles. The van der Waals surface area contributed by atoms with E-state index in [4.69, 9.17) is 10.7 Å². The van der Waals surface area contributed by atoms with Crippen molar-refractivity contribution in [3.05, 3.63) is 41.5 Å². The van der Waals surface area contributed by atoms with Crippen LogP contribution in [0.2, 0.25) is 0 Å². The Labute approximate surface area is 121 Å². The Kier molecular flexibility index (Phi) is 2.54. The highest BCUT2D eigenvalue weighted by Gasteiger charge is 2.37. The average Bonchev–Trinajstić information content (AvgIpc) is 3.03. The van der Waals surface area contributed by atoms with Crippen molar-refractivity contribution in [3.8, 4) is 11.1 Å². The summed E-state index contributed by atoms with van der Waals surface area (Å²) in [6.45, 7) is 2.23. The Balaban J connectivity index is 1.89. The van der Waals surface area contributed by atoms with Crippen molar-refractivity contribution in [2.45, 2.75) is 19.3 Å². The fraction of sp³-hybridized carbons (Fsp3) is 0.250. The third kappa shape index (κ3) is 1.79. The number of hydrogen-bond acceptors (Lipinski definition) is 4. The number of aromatic nitrogens is 2. The number of nitrogens with two attached hydrogens (primary N) is 1. The van der Waals surface area contributed by atoms with Crippen LogP contribution in [0.25, 0.3) is 21.3 Å². The second kappa shape index (κ2) is 4.28. The van der Waals surface area contributed by atoms with Gasteiger partial charge in [0.2, 0.25) is 0 Å². The van der Waals surface area contributed by atoms with Crippen LogP contribution in [0.5, 0.6) is 0 Å². The Morgan fingerprint density at radius 1 is 1.20 bits per heavy atom. The maximum Gasteiger partial charge on any atom is 0.136 e. The molecule has 2 unspecified atom stereocenters. The van der Waals surface area contributed by atoms with Crippen molar-refractivity contribution in [1.82, 2.24) is 9.97 Å². The zero-order valence-electron chi connectivity index (χ0n) is 11.2. The zero-order chi connectivity index (χ0) is 13.7. The molecule has 2 N–H and O–H groups in total. The van der Waals surface area contributed by atoms with Gasteiger partial charge in [0.15, 0.2) is 0 Å². The SMILES string of the molecule is CC1CC1c1nc(N)c2c(-c3ccccc3)csc2n1. The standard InChI is InChI=1S/C16H15N3S/c1-9-7-11(9)15-18-14(17)13-12(8-20-16(13)19-15)10-5-3-2-4-6-10/h2-6,8-9,11H,7H2,1H3,(H2,17,18,19). The lowest BCUT2D eigenvalue weighted by atomic mass is 10.1. The van der Waals surface area contributed by atoms with Gasteiger partial charge in [0, 0.05) is 16.9 Å². The largest absolute Gasteiger partial charge is 0.383 e. The van der Waals surface area contributed by atoms with E-state index < -0.39 is 0 Å². The molecule has 4 rings (SSSR count). The van der Waals surface area contributed by atoms with Crippen molar-refractivity contribution >= 4 is 27.4 Å². The van der Waals surface area contributed by atoms with Crippen molar-refractivity contribution in [1.29, 1.82) is 0 Å². The monoisotopic (exact) mass is 281 g/mol. The molecular weight excluding hydrogens is 266 g/mol. The first kappa shape index (κ1) is 11.9. The first-order chi connectivity index (χ1) is 9.74. The van der Waals surface area contributed by atoms with Gasteiger partial charge in [-0.15, -0.1) is 11.3 Å². The van der Waals surface area contributed by atoms with E-state index in [2.05, 4.69) is 29.4 Å². The van der Waals surface area contributed by atoms with E-state index in [0.717, 1.165) is 21.6 Å². The number of anilines is 1. The first-order valence-corrected chi connectivity index (χ1v) is 7.72. The van der Waals surface area contributed by atoms with E-state index in [1.165, 1.54) is 12.0 Å². The van der Waals surface area contributed by atoms with E-state index in [0.29, 0.717) is 17.7 Å². The third-order valence-corrected chi connectivity index (χ3v) is 4.88. The van der Waals surface area contributed by atoms with Crippen LogP contribution in [0.1, 0.15) is 25.1 Å². The lowest BCUT2D eigenvalue weighted by Crippen LogP contribution is -1.99. The van der Waals surface area contributed by atoms with Gasteiger partial charge in [0.1, 0.15) is 16.5 Å². The Morgan fingerprint density at radius 3 is 2.65 bits per heavy atom. The summed E-state index contributed by atoms with van der Waals surface area (Å²) in [4.78, 5) is 10.3. The summed E-state index contributed by atoms with van der Waals surface area (Å²) in [5.74, 6) is 2.73. The summed E-state index contributed by atoms with van der Waals surface area (Å²) in [6, 6.07) is 10.3. The molecule has 0 saturated heterocycles. The van der Waals surface area contributed by atoms with Crippen LogP contribution in [0, 0.1) is 5.92 Å². The summed E-state index contributed by atoms with van der Waals surface area (Å²) in [6.07, 6.45) is 1.18. The molecular formula is C16H15N3S. The minimum Gasteiger partial charge on any atom is -0.383 e. The number of benzene rings is 1. The van der Waals surface area contributed by atoms with E-state index in [1.807, 2.05) is 18.2 Å². The Morgan fingerprint density at radius 2 is 1.95 bits per heavy atom. The summed E-state index contributed by atoms with van der Waals surface area (Å²) in [7, 11) is 0. The van der Waals surface area contributed by atoms with Crippen molar-refractivity contribution < 1.29 is 0 Å². The van der Waals surface area contributed by atoms with Crippen LogP contribution in [-0.2, 0) is 0 Å². The smallest absolute Gasteiger partial charge is 0.136 e. The fourth-order valence-corrected chi connectivity index (χ4v) is 3.63. The highest BCUT2D eigenvalue weighted by molar-refractivity contribution is 7.17. The van der Waals surface area contributed by atoms with Crippen LogP contribution < -0.4 is 5.73 Å². The van der Waals surface area contributed by atoms with E-state index in [-0.39, 0.29) is 0 Å². The Bertz CT molecular complexity index is 779. The summed E-state index contributed by atoms with van der Waals surface area (Å²) < 4.78 is 0. The molecule has 3 aromatic rings. The van der Waals surface area contributed by atoms with Gasteiger partial charge in [-0.05, 0) is 17.9 Å². The van der Waals surface area contributed by atoms with Gasteiger partial charge >= 0.3 is 0 Å². The van der Waals surface area contributed by atoms with E-state index in [9.17, 15) is 0 Å². The molecule has 0 amide bonds. The quantitative estimate of drug-likeness (QED) is 0.770. The molecule has 20 heavy (non-hydrogen) atoms. The second-order valence-corrected chi connectivity index (χ2v) is 6.34. The van der Waals surface area contributed by atoms with Gasteiger partial charge in [-0.1, -0.05) is 37.3 Å². The fourth-order valence-electron chi connectivity index (χ4n) is 2.66. The molecule has 1 fully saturated rings. The molecule has 0 spiro atoms. The van der Waals surface area contributed by atoms with Gasteiger partial charge < -0.3 is 5.73 Å². The molecule has 2 heterocycles. The highest BCUT2D eigenvalue weighted by atomic mass is 32.1. The minimum absolute atomic E-state index is 0.504. The third-order valence-electron chi connectivity index (χ3n) is 4.00. The average molecular weight is 281 g/mol. The molecule has 1 aliphatic carbocycles. The number of hydrogen-bond donors (Lipinski definition) is 1. The van der Waals surface area contributed by atoms with Crippen LogP contribution in [0.3, 0.4) is 0 Å². The number of rotatable bonds is 2. The molecule has 0 radical (unpaired) electrons. The van der Waals surface area contributed by atoms with Gasteiger partial charge in [-0.25, -0.2) is 9.97 Å². The molecule has 100 valence electrons. The maximum absolute atomic E-state index is 6.21. The predicted octanol–water partition coefficient (Wildman–Crippen LogP) is 4.06. The molecule has 3 nitrogen and oxygen atoms in total. The lowest BCUT2D eigenvalue weighted by Gasteiger charge is -2.04. The molecule has 2 aromatic heterocycles. The summed E-state index contributed by atoms with van der Waals surface area (Å²) in [5, 5.41) is 3.13. The van der Waals surface area contributed by atoms with Gasteiger partial charge in [-0.2, -0.15) is 0 Å². The normalized spacial score (nSPS) is 21.2. The number of nitrogen functional groups attached to an aromatic ring is 1. The number of fused-ring (bicyclic) bond motifs is 1. The maximum atomic E-state index is 6.21. The van der Waals surface area contributed by atoms with Gasteiger partial charge in [-0.3, -0.25) is 0 Å². The van der Waals surface area contributed by atoms with E-state index >= 15 is 0 Å². The molecule has 4 heteroatoms. The zero-order valence-corrected chi connectivity index (χ0v) is 12.0. The summed E-state index contributed by atoms with van der Waals surface area (Å²) in [5.41, 5.74) is 8.51. The molecule has 2 atom stereocenters. The number of nitrogens with zero attached hydrogens (tertiary/aromatic N) is 2. The van der Waals surface area contributed by atoms with Crippen LogP contribution >= 0.6 is 11.3 Å². The Hall–Kier alpha value is -1.94. The van der Waals surface area contributed by atoms with Crippen LogP contribution in [0.4, 0.5) is 5.82 Å². The molecule has 0 bridgehead atoms. The molecule has 1 aliphatic rings. The predicted molar refractivity (Wildman–Crippen MR) is 83.8 cm³/mol. The first-order valence-electron chi connectivity index (χ1n) is 6.84. The van der Waals surface area contributed by atoms with Crippen molar-refractivity contribution in [2.24, 2.45) is 5.92 Å². The topological polar surface area (TPSA) is 51.8 Å². The lowest BCUT2D eigenvalue weighted by molar-refractivity contribution is 0.855. The van der Waals surface area contributed by atoms with Gasteiger partial charge in [0.25, 0.3) is 0 Å². The van der Waals surface area contributed by atoms with Crippen LogP contribution in [-0.4, -0.2) is 9.97 Å². The summed E-state index contributed by atoms with van der Waals surface area (Å²) >= 11 is 1.65. The number of thiophene rings is 1. The van der Waals surface area contributed by atoms with E-state index in [1.54, 1.807) is 11.3 Å². The molecule has 0 aliphatic heterocycles. The van der Waals surface area contributed by atoms with Crippen LogP contribution in [0.15, 0.2) is 35.7 Å².